The van der Waals surface area contributed by atoms with Gasteiger partial charge in [0.25, 0.3) is 5.91 Å². The first-order valence-corrected chi connectivity index (χ1v) is 7.99. The van der Waals surface area contributed by atoms with Crippen molar-refractivity contribution >= 4 is 47.4 Å². The van der Waals surface area contributed by atoms with E-state index < -0.39 is 0 Å². The number of fused-ring (bicyclic) bond motifs is 1. The third kappa shape index (κ3) is 4.52. The van der Waals surface area contributed by atoms with E-state index in [0.717, 1.165) is 34.5 Å². The number of para-hydroxylation sites is 1. The summed E-state index contributed by atoms with van der Waals surface area (Å²) in [7, 11) is 1.85. The Labute approximate surface area is 165 Å². The van der Waals surface area contributed by atoms with E-state index in [1.807, 2.05) is 44.3 Å². The molecule has 0 radical (unpaired) electrons. The van der Waals surface area contributed by atoms with Crippen LogP contribution in [0.2, 0.25) is 0 Å². The fraction of sp³-hybridized carbons (Fsp3) is 0.278. The number of amides is 1. The van der Waals surface area contributed by atoms with Crippen LogP contribution in [0.3, 0.4) is 0 Å². The van der Waals surface area contributed by atoms with Gasteiger partial charge in [-0.25, -0.2) is 4.98 Å². The number of carbonyl (C=O) groups is 1. The van der Waals surface area contributed by atoms with E-state index in [0.29, 0.717) is 12.1 Å². The molecule has 3 aromatic rings. The first-order valence-electron chi connectivity index (χ1n) is 7.99. The fourth-order valence-corrected chi connectivity index (χ4v) is 2.68. The van der Waals surface area contributed by atoms with Crippen LogP contribution in [-0.4, -0.2) is 27.2 Å². The van der Waals surface area contributed by atoms with Gasteiger partial charge in [0.15, 0.2) is 5.65 Å². The molecule has 0 aliphatic carbocycles. The summed E-state index contributed by atoms with van der Waals surface area (Å²) in [6, 6.07) is 9.64. The van der Waals surface area contributed by atoms with Crippen LogP contribution in [0.4, 0.5) is 5.69 Å². The number of halogens is 2. The van der Waals surface area contributed by atoms with Crippen molar-refractivity contribution in [1.29, 1.82) is 0 Å². The third-order valence-corrected chi connectivity index (χ3v) is 3.96. The Morgan fingerprint density at radius 1 is 1.23 bits per heavy atom. The molecule has 2 N–H and O–H groups in total. The first kappa shape index (κ1) is 21.9. The van der Waals surface area contributed by atoms with Gasteiger partial charge >= 0.3 is 0 Å². The van der Waals surface area contributed by atoms with E-state index in [1.54, 1.807) is 10.9 Å². The molecule has 0 bridgehead atoms. The molecule has 0 fully saturated rings. The number of hydrogen-bond acceptors (Lipinski definition) is 4. The molecule has 0 atom stereocenters. The lowest BCUT2D eigenvalue weighted by Crippen LogP contribution is -2.17. The van der Waals surface area contributed by atoms with Crippen LogP contribution in [0.15, 0.2) is 36.5 Å². The van der Waals surface area contributed by atoms with Crippen molar-refractivity contribution in [3.05, 3.63) is 53.3 Å². The molecule has 3 rings (SSSR count). The summed E-state index contributed by atoms with van der Waals surface area (Å²) in [5, 5.41) is 11.5. The number of nitrogens with zero attached hydrogens (tertiary/aromatic N) is 3. The quantitative estimate of drug-likeness (QED) is 0.693. The number of pyridine rings is 1. The van der Waals surface area contributed by atoms with E-state index in [1.165, 1.54) is 0 Å². The van der Waals surface area contributed by atoms with Crippen LogP contribution in [0.25, 0.3) is 11.0 Å². The monoisotopic (exact) mass is 395 g/mol. The van der Waals surface area contributed by atoms with Crippen molar-refractivity contribution in [3.8, 4) is 0 Å². The Bertz CT molecular complexity index is 894. The summed E-state index contributed by atoms with van der Waals surface area (Å²) in [6.07, 6.45) is 1.59. The highest BCUT2D eigenvalue weighted by Gasteiger charge is 2.13. The lowest BCUT2D eigenvalue weighted by Gasteiger charge is -2.11. The van der Waals surface area contributed by atoms with E-state index in [9.17, 15) is 4.79 Å². The van der Waals surface area contributed by atoms with Gasteiger partial charge in [-0.2, -0.15) is 5.10 Å². The predicted molar refractivity (Wildman–Crippen MR) is 110 cm³/mol. The molecule has 0 aliphatic rings. The number of carbonyl (C=O) groups excluding carboxylic acids is 1. The molecule has 0 spiro atoms. The van der Waals surface area contributed by atoms with Gasteiger partial charge in [-0.1, -0.05) is 25.1 Å². The average Bonchev–Trinajstić information content (AvgIpc) is 2.88. The molecule has 26 heavy (non-hydrogen) atoms. The summed E-state index contributed by atoms with van der Waals surface area (Å²) in [6.45, 7) is 5.56. The van der Waals surface area contributed by atoms with Crippen molar-refractivity contribution in [2.45, 2.75) is 20.4 Å². The van der Waals surface area contributed by atoms with Crippen LogP contribution in [0.1, 0.15) is 28.5 Å². The van der Waals surface area contributed by atoms with E-state index in [-0.39, 0.29) is 30.7 Å². The minimum atomic E-state index is -0.170. The normalized spacial score (nSPS) is 10.1. The Morgan fingerprint density at radius 2 is 1.96 bits per heavy atom. The Hall–Kier alpha value is -2.15. The molecule has 0 unspecified atom stereocenters. The van der Waals surface area contributed by atoms with Gasteiger partial charge in [-0.3, -0.25) is 9.48 Å². The molecule has 140 valence electrons. The van der Waals surface area contributed by atoms with Crippen LogP contribution >= 0.6 is 24.8 Å². The predicted octanol–water partition coefficient (Wildman–Crippen LogP) is 3.48. The minimum absolute atomic E-state index is 0. The number of benzene rings is 1. The number of nitrogens with one attached hydrogen (secondary N) is 2. The molecule has 2 aromatic heterocycles. The zero-order valence-corrected chi connectivity index (χ0v) is 16.6. The van der Waals surface area contributed by atoms with E-state index in [4.69, 9.17) is 0 Å². The van der Waals surface area contributed by atoms with Gasteiger partial charge in [0.2, 0.25) is 0 Å². The highest BCUT2D eigenvalue weighted by Crippen LogP contribution is 2.19. The number of rotatable bonds is 5. The Morgan fingerprint density at radius 3 is 2.69 bits per heavy atom. The summed E-state index contributed by atoms with van der Waals surface area (Å²) in [5.41, 5.74) is 4.03. The maximum atomic E-state index is 12.6. The highest BCUT2D eigenvalue weighted by molar-refractivity contribution is 6.06. The van der Waals surface area contributed by atoms with Crippen molar-refractivity contribution < 1.29 is 4.79 Å². The van der Waals surface area contributed by atoms with Gasteiger partial charge in [-0.15, -0.1) is 24.8 Å². The second-order valence-corrected chi connectivity index (χ2v) is 5.70. The molecule has 0 saturated carbocycles. The van der Waals surface area contributed by atoms with Gasteiger partial charge in [0.1, 0.15) is 0 Å². The van der Waals surface area contributed by atoms with Crippen LogP contribution in [0, 0.1) is 6.92 Å². The molecule has 2 heterocycles. The molecule has 6 nitrogen and oxygen atoms in total. The summed E-state index contributed by atoms with van der Waals surface area (Å²) in [5.74, 6) is -0.170. The van der Waals surface area contributed by atoms with Gasteiger partial charge in [-0.05, 0) is 31.2 Å². The maximum absolute atomic E-state index is 12.6. The first-order chi connectivity index (χ1) is 11.6. The van der Waals surface area contributed by atoms with Gasteiger partial charge in [0.05, 0.1) is 11.3 Å². The van der Waals surface area contributed by atoms with Crippen molar-refractivity contribution in [2.24, 2.45) is 7.05 Å². The topological polar surface area (TPSA) is 71.8 Å². The Kier molecular flexibility index (Phi) is 8.02. The smallest absolute Gasteiger partial charge is 0.257 e. The molecule has 8 heteroatoms. The third-order valence-electron chi connectivity index (χ3n) is 3.96. The molecule has 1 amide bonds. The molecular formula is C18H23Cl2N5O. The largest absolute Gasteiger partial charge is 0.322 e. The second kappa shape index (κ2) is 9.52. The van der Waals surface area contributed by atoms with Crippen LogP contribution in [-0.2, 0) is 13.6 Å². The number of aryl methyl sites for hydroxylation is 2. The molecular weight excluding hydrogens is 373 g/mol. The highest BCUT2D eigenvalue weighted by atomic mass is 35.5. The van der Waals surface area contributed by atoms with Crippen molar-refractivity contribution in [1.82, 2.24) is 20.1 Å². The summed E-state index contributed by atoms with van der Waals surface area (Å²) < 4.78 is 1.72. The molecule has 0 saturated heterocycles. The minimum Gasteiger partial charge on any atom is -0.322 e. The van der Waals surface area contributed by atoms with Gasteiger partial charge in [0, 0.05) is 30.9 Å². The fourth-order valence-electron chi connectivity index (χ4n) is 2.68. The zero-order valence-electron chi connectivity index (χ0n) is 14.9. The van der Waals surface area contributed by atoms with E-state index >= 15 is 0 Å². The SMILES string of the molecule is CCNCc1ccccc1NC(=O)c1cnc2c(c1)c(C)nn2C.Cl.Cl. The maximum Gasteiger partial charge on any atom is 0.257 e. The number of anilines is 1. The zero-order chi connectivity index (χ0) is 17.1. The van der Waals surface area contributed by atoms with Crippen molar-refractivity contribution in [2.75, 3.05) is 11.9 Å². The molecule has 0 aliphatic heterocycles. The average molecular weight is 396 g/mol. The number of hydrogen-bond donors (Lipinski definition) is 2. The van der Waals surface area contributed by atoms with Crippen LogP contribution < -0.4 is 10.6 Å². The lowest BCUT2D eigenvalue weighted by atomic mass is 10.1. The van der Waals surface area contributed by atoms with Crippen LogP contribution in [0.5, 0.6) is 0 Å². The molecule has 1 aromatic carbocycles. The second-order valence-electron chi connectivity index (χ2n) is 5.70. The van der Waals surface area contributed by atoms with E-state index in [2.05, 4.69) is 27.6 Å². The number of aromatic nitrogens is 3. The Balaban J connectivity index is 0.00000169. The summed E-state index contributed by atoms with van der Waals surface area (Å²) in [4.78, 5) is 17.0. The van der Waals surface area contributed by atoms with Crippen molar-refractivity contribution in [3.63, 3.8) is 0 Å². The lowest BCUT2D eigenvalue weighted by molar-refractivity contribution is 0.102. The standard InChI is InChI=1S/C18H21N5O.2ClH/c1-4-19-10-13-7-5-6-8-16(13)21-18(24)14-9-15-12(2)22-23(3)17(15)20-11-14;;/h5-9,11,19H,4,10H2,1-3H3,(H,21,24);2*1H. The van der Waals surface area contributed by atoms with Gasteiger partial charge < -0.3 is 10.6 Å². The summed E-state index contributed by atoms with van der Waals surface area (Å²) >= 11 is 0.